The fourth-order valence-corrected chi connectivity index (χ4v) is 2.16. The number of ether oxygens (including phenoxy) is 1. The second-order valence-corrected chi connectivity index (χ2v) is 5.10. The number of rotatable bonds is 6. The molecule has 7 heteroatoms. The third kappa shape index (κ3) is 4.00. The molecule has 0 fully saturated rings. The molecule has 0 unspecified atom stereocenters. The van der Waals surface area contributed by atoms with Crippen LogP contribution in [0, 0.1) is 18.2 Å². The summed E-state index contributed by atoms with van der Waals surface area (Å²) >= 11 is 0. The van der Waals surface area contributed by atoms with Crippen LogP contribution in [0.15, 0.2) is 23.1 Å². The molecule has 5 nitrogen and oxygen atoms in total. The van der Waals surface area contributed by atoms with Gasteiger partial charge in [-0.05, 0) is 18.2 Å². The lowest BCUT2D eigenvalue weighted by atomic mass is 10.3. The maximum Gasteiger partial charge on any atom is 0.240 e. The molecule has 0 saturated heterocycles. The first-order valence-electron chi connectivity index (χ1n) is 5.03. The molecule has 0 aromatic heterocycles. The van der Waals surface area contributed by atoms with Gasteiger partial charge in [0.05, 0.1) is 17.2 Å². The van der Waals surface area contributed by atoms with E-state index in [9.17, 15) is 12.8 Å². The minimum atomic E-state index is -3.76. The highest BCUT2D eigenvalue weighted by atomic mass is 32.2. The first-order valence-corrected chi connectivity index (χ1v) is 6.51. The highest BCUT2D eigenvalue weighted by Crippen LogP contribution is 2.15. The Morgan fingerprint density at radius 1 is 1.50 bits per heavy atom. The van der Waals surface area contributed by atoms with Crippen molar-refractivity contribution in [3.63, 3.8) is 0 Å². The second-order valence-electron chi connectivity index (χ2n) is 3.34. The van der Waals surface area contributed by atoms with Crippen molar-refractivity contribution < 1.29 is 17.5 Å². The first-order chi connectivity index (χ1) is 8.47. The summed E-state index contributed by atoms with van der Waals surface area (Å²) in [6.45, 7) is 0.301. The van der Waals surface area contributed by atoms with Gasteiger partial charge in [-0.2, -0.15) is 0 Å². The zero-order valence-corrected chi connectivity index (χ0v) is 10.3. The number of nitrogen functional groups attached to an aromatic ring is 1. The number of terminal acetylenes is 1. The van der Waals surface area contributed by atoms with E-state index in [1.165, 1.54) is 12.1 Å². The largest absolute Gasteiger partial charge is 0.396 e. The SMILES string of the molecule is C#CCOCCNS(=O)(=O)c1ccc(N)c(F)c1. The van der Waals surface area contributed by atoms with Crippen LogP contribution in [0.4, 0.5) is 10.1 Å². The number of nitrogens with two attached hydrogens (primary N) is 1. The summed E-state index contributed by atoms with van der Waals surface area (Å²) in [5.74, 6) is 1.47. The Labute approximate surface area is 105 Å². The Balaban J connectivity index is 2.63. The van der Waals surface area contributed by atoms with Gasteiger partial charge in [0.2, 0.25) is 10.0 Å². The number of hydrogen-bond donors (Lipinski definition) is 2. The highest BCUT2D eigenvalue weighted by molar-refractivity contribution is 7.89. The Morgan fingerprint density at radius 2 is 2.22 bits per heavy atom. The van der Waals surface area contributed by atoms with Gasteiger partial charge in [0.15, 0.2) is 0 Å². The van der Waals surface area contributed by atoms with E-state index in [2.05, 4.69) is 10.6 Å². The van der Waals surface area contributed by atoms with Gasteiger partial charge in [-0.3, -0.25) is 0 Å². The lowest BCUT2D eigenvalue weighted by Crippen LogP contribution is -2.27. The third-order valence-corrected chi connectivity index (χ3v) is 3.46. The van der Waals surface area contributed by atoms with Crippen LogP contribution in [0.2, 0.25) is 0 Å². The van der Waals surface area contributed by atoms with E-state index in [1.807, 2.05) is 0 Å². The van der Waals surface area contributed by atoms with Gasteiger partial charge >= 0.3 is 0 Å². The fourth-order valence-electron chi connectivity index (χ4n) is 1.14. The van der Waals surface area contributed by atoms with E-state index in [0.29, 0.717) is 0 Å². The van der Waals surface area contributed by atoms with Crippen molar-refractivity contribution >= 4 is 15.7 Å². The zero-order valence-electron chi connectivity index (χ0n) is 9.52. The van der Waals surface area contributed by atoms with Crippen LogP contribution in [0.3, 0.4) is 0 Å². The van der Waals surface area contributed by atoms with Gasteiger partial charge in [0, 0.05) is 6.54 Å². The molecule has 0 heterocycles. The van der Waals surface area contributed by atoms with Gasteiger partial charge in [0.1, 0.15) is 12.4 Å². The summed E-state index contributed by atoms with van der Waals surface area (Å²) in [5, 5.41) is 0. The Bertz CT molecular complexity index is 552. The number of nitrogens with one attached hydrogen (secondary N) is 1. The van der Waals surface area contributed by atoms with Crippen molar-refractivity contribution in [1.29, 1.82) is 0 Å². The highest BCUT2D eigenvalue weighted by Gasteiger charge is 2.14. The van der Waals surface area contributed by atoms with Crippen molar-refractivity contribution in [2.24, 2.45) is 0 Å². The molecule has 0 aliphatic heterocycles. The van der Waals surface area contributed by atoms with Crippen LogP contribution < -0.4 is 10.5 Å². The smallest absolute Gasteiger partial charge is 0.240 e. The standard InChI is InChI=1S/C11H13FN2O3S/c1-2-6-17-7-5-14-18(15,16)9-3-4-11(13)10(12)8-9/h1,3-4,8,14H,5-7,13H2. The maximum absolute atomic E-state index is 13.1. The van der Waals surface area contributed by atoms with E-state index in [1.54, 1.807) is 0 Å². The van der Waals surface area contributed by atoms with Crippen LogP contribution in [0.1, 0.15) is 0 Å². The maximum atomic E-state index is 13.1. The van der Waals surface area contributed by atoms with Crippen molar-refractivity contribution in [3.8, 4) is 12.3 Å². The van der Waals surface area contributed by atoms with Crippen molar-refractivity contribution in [2.45, 2.75) is 4.90 Å². The van der Waals surface area contributed by atoms with Gasteiger partial charge in [-0.1, -0.05) is 5.92 Å². The Hall–Kier alpha value is -1.62. The van der Waals surface area contributed by atoms with Crippen molar-refractivity contribution in [2.75, 3.05) is 25.5 Å². The lowest BCUT2D eigenvalue weighted by Gasteiger charge is -2.07. The minimum Gasteiger partial charge on any atom is -0.396 e. The average Bonchev–Trinajstić information content (AvgIpc) is 2.32. The number of halogens is 1. The molecule has 1 aromatic carbocycles. The molecule has 0 amide bonds. The summed E-state index contributed by atoms with van der Waals surface area (Å²) in [4.78, 5) is -0.189. The van der Waals surface area contributed by atoms with Crippen LogP contribution in [-0.4, -0.2) is 28.2 Å². The lowest BCUT2D eigenvalue weighted by molar-refractivity contribution is 0.173. The third-order valence-electron chi connectivity index (χ3n) is 2.01. The van der Waals surface area contributed by atoms with Crippen LogP contribution in [0.25, 0.3) is 0 Å². The Morgan fingerprint density at radius 3 is 2.83 bits per heavy atom. The van der Waals surface area contributed by atoms with Crippen LogP contribution in [-0.2, 0) is 14.8 Å². The molecule has 0 aliphatic rings. The van der Waals surface area contributed by atoms with Gasteiger partial charge < -0.3 is 10.5 Å². The molecule has 0 radical (unpaired) electrons. The number of benzene rings is 1. The van der Waals surface area contributed by atoms with E-state index < -0.39 is 15.8 Å². The Kier molecular flexibility index (Phi) is 5.09. The summed E-state index contributed by atoms with van der Waals surface area (Å²) in [6.07, 6.45) is 4.95. The molecule has 98 valence electrons. The molecule has 0 bridgehead atoms. The molecular formula is C11H13FN2O3S. The normalized spacial score (nSPS) is 11.1. The molecule has 0 aliphatic carbocycles. The minimum absolute atomic E-state index is 0.0516. The van der Waals surface area contributed by atoms with Crippen LogP contribution in [0.5, 0.6) is 0 Å². The van der Waals surface area contributed by atoms with E-state index in [4.69, 9.17) is 16.9 Å². The fraction of sp³-hybridized carbons (Fsp3) is 0.273. The predicted octanol–water partition coefficient (Wildman–Crippen LogP) is 0.336. The zero-order chi connectivity index (χ0) is 13.6. The average molecular weight is 272 g/mol. The van der Waals surface area contributed by atoms with Crippen molar-refractivity contribution in [3.05, 3.63) is 24.0 Å². The topological polar surface area (TPSA) is 81.4 Å². The molecule has 0 spiro atoms. The summed E-state index contributed by atoms with van der Waals surface area (Å²) < 4.78 is 43.7. The molecule has 3 N–H and O–H groups in total. The van der Waals surface area contributed by atoms with Crippen molar-refractivity contribution in [1.82, 2.24) is 4.72 Å². The second kappa shape index (κ2) is 6.35. The summed E-state index contributed by atoms with van der Waals surface area (Å²) in [7, 11) is -3.76. The molecule has 18 heavy (non-hydrogen) atoms. The molecule has 0 atom stereocenters. The van der Waals surface area contributed by atoms with Crippen LogP contribution >= 0.6 is 0 Å². The molecule has 1 aromatic rings. The summed E-state index contributed by atoms with van der Waals surface area (Å²) in [6, 6.07) is 3.28. The van der Waals surface area contributed by atoms with E-state index in [0.717, 1.165) is 6.07 Å². The quantitative estimate of drug-likeness (QED) is 0.444. The van der Waals surface area contributed by atoms with E-state index >= 15 is 0 Å². The molecular weight excluding hydrogens is 259 g/mol. The number of sulfonamides is 1. The van der Waals surface area contributed by atoms with Gasteiger partial charge in [-0.25, -0.2) is 17.5 Å². The molecule has 0 saturated carbocycles. The summed E-state index contributed by atoms with van der Waals surface area (Å²) in [5.41, 5.74) is 5.15. The molecule has 1 rings (SSSR count). The van der Waals surface area contributed by atoms with E-state index in [-0.39, 0.29) is 30.3 Å². The first kappa shape index (κ1) is 14.4. The predicted molar refractivity (Wildman–Crippen MR) is 65.7 cm³/mol. The van der Waals surface area contributed by atoms with Gasteiger partial charge in [0.25, 0.3) is 0 Å². The number of hydrogen-bond acceptors (Lipinski definition) is 4. The number of anilines is 1. The van der Waals surface area contributed by atoms with Gasteiger partial charge in [-0.15, -0.1) is 6.42 Å². The monoisotopic (exact) mass is 272 g/mol.